The zero-order valence-corrected chi connectivity index (χ0v) is 13.7. The third-order valence-electron chi connectivity index (χ3n) is 3.31. The second-order valence-corrected chi connectivity index (χ2v) is 5.63. The second-order valence-electron chi connectivity index (χ2n) is 5.19. The van der Waals surface area contributed by atoms with Crippen LogP contribution >= 0.6 is 11.6 Å². The first-order chi connectivity index (χ1) is 11.0. The van der Waals surface area contributed by atoms with E-state index in [1.165, 1.54) is 0 Å². The van der Waals surface area contributed by atoms with Gasteiger partial charge in [0.1, 0.15) is 5.75 Å². The van der Waals surface area contributed by atoms with Crippen molar-refractivity contribution in [3.05, 3.63) is 58.6 Å². The Bertz CT molecular complexity index is 736. The van der Waals surface area contributed by atoms with Crippen LogP contribution in [0.1, 0.15) is 18.1 Å². The molecule has 0 heterocycles. The van der Waals surface area contributed by atoms with Crippen LogP contribution in [0.15, 0.2) is 42.5 Å². The van der Waals surface area contributed by atoms with Gasteiger partial charge in [0.2, 0.25) is 0 Å². The number of anilines is 1. The summed E-state index contributed by atoms with van der Waals surface area (Å²) in [5, 5.41) is 12.1. The zero-order valence-electron chi connectivity index (χ0n) is 13.0. The van der Waals surface area contributed by atoms with Crippen LogP contribution in [0, 0.1) is 18.3 Å². The summed E-state index contributed by atoms with van der Waals surface area (Å²) in [4.78, 5) is 12.2. The van der Waals surface area contributed by atoms with Crippen LogP contribution in [0.25, 0.3) is 0 Å². The molecule has 2 aromatic rings. The summed E-state index contributed by atoms with van der Waals surface area (Å²) < 4.78 is 5.68. The number of nitrogens with one attached hydrogen (secondary N) is 1. The van der Waals surface area contributed by atoms with Crippen LogP contribution in [0.5, 0.6) is 5.75 Å². The molecule has 0 saturated carbocycles. The van der Waals surface area contributed by atoms with E-state index in [4.69, 9.17) is 21.6 Å². The highest BCUT2D eigenvalue weighted by atomic mass is 35.5. The predicted octanol–water partition coefficient (Wildman–Crippen LogP) is 4.12. The third kappa shape index (κ3) is 4.73. The number of amides is 1. The molecule has 1 N–H and O–H groups in total. The number of hydrogen-bond donors (Lipinski definition) is 1. The maximum Gasteiger partial charge on any atom is 0.265 e. The van der Waals surface area contributed by atoms with Gasteiger partial charge in [-0.25, -0.2) is 0 Å². The molecule has 2 aromatic carbocycles. The Morgan fingerprint density at radius 2 is 2.00 bits per heavy atom. The van der Waals surface area contributed by atoms with Crippen molar-refractivity contribution in [1.82, 2.24) is 0 Å². The Labute approximate surface area is 140 Å². The minimum Gasteiger partial charge on any atom is -0.481 e. The van der Waals surface area contributed by atoms with E-state index in [1.807, 2.05) is 19.1 Å². The second kappa shape index (κ2) is 7.66. The molecule has 1 atom stereocenters. The van der Waals surface area contributed by atoms with Gasteiger partial charge in [-0.3, -0.25) is 4.79 Å². The summed E-state index contributed by atoms with van der Waals surface area (Å²) in [5.74, 6) is 0.383. The zero-order chi connectivity index (χ0) is 16.8. The van der Waals surface area contributed by atoms with Gasteiger partial charge in [-0.05, 0) is 55.3 Å². The first kappa shape index (κ1) is 16.9. The van der Waals surface area contributed by atoms with Crippen LogP contribution in [0.3, 0.4) is 0 Å². The van der Waals surface area contributed by atoms with Crippen LogP contribution in [-0.4, -0.2) is 12.0 Å². The number of nitrogens with zero attached hydrogens (tertiary/aromatic N) is 1. The standard InChI is InChI=1S/C18H17ClN2O2/c1-12-11-15(19)5-8-17(12)23-13(2)18(22)21-16-6-3-14(4-7-16)9-10-20/h3-8,11,13H,9H2,1-2H3,(H,21,22)/t13-/m1/s1. The summed E-state index contributed by atoms with van der Waals surface area (Å²) in [5.41, 5.74) is 2.45. The molecule has 0 fully saturated rings. The molecule has 0 aliphatic heterocycles. The largest absolute Gasteiger partial charge is 0.481 e. The Morgan fingerprint density at radius 1 is 1.30 bits per heavy atom. The number of nitriles is 1. The lowest BCUT2D eigenvalue weighted by atomic mass is 10.1. The molecule has 2 rings (SSSR count). The lowest BCUT2D eigenvalue weighted by molar-refractivity contribution is -0.122. The van der Waals surface area contributed by atoms with Crippen molar-refractivity contribution in [2.24, 2.45) is 0 Å². The SMILES string of the molecule is Cc1cc(Cl)ccc1O[C@H](C)C(=O)Nc1ccc(CC#N)cc1. The fourth-order valence-electron chi connectivity index (χ4n) is 2.03. The normalized spacial score (nSPS) is 11.4. The van der Waals surface area contributed by atoms with Crippen LogP contribution in [0.4, 0.5) is 5.69 Å². The summed E-state index contributed by atoms with van der Waals surface area (Å²) in [6.45, 7) is 3.56. The molecule has 0 radical (unpaired) electrons. The predicted molar refractivity (Wildman–Crippen MR) is 90.7 cm³/mol. The maximum absolute atomic E-state index is 12.2. The number of halogens is 1. The van der Waals surface area contributed by atoms with Gasteiger partial charge in [0, 0.05) is 10.7 Å². The van der Waals surface area contributed by atoms with Crippen molar-refractivity contribution >= 4 is 23.2 Å². The lowest BCUT2D eigenvalue weighted by Gasteiger charge is -2.16. The molecule has 0 aliphatic carbocycles. The molecule has 0 aliphatic rings. The van der Waals surface area contributed by atoms with Gasteiger partial charge in [-0.15, -0.1) is 0 Å². The minimum absolute atomic E-state index is 0.243. The molecule has 0 bridgehead atoms. The van der Waals surface area contributed by atoms with Crippen LogP contribution in [0.2, 0.25) is 5.02 Å². The van der Waals surface area contributed by atoms with Gasteiger partial charge in [0.05, 0.1) is 12.5 Å². The number of carbonyl (C=O) groups excluding carboxylic acids is 1. The average molecular weight is 329 g/mol. The number of aryl methyl sites for hydroxylation is 1. The van der Waals surface area contributed by atoms with Gasteiger partial charge >= 0.3 is 0 Å². The maximum atomic E-state index is 12.2. The molecule has 118 valence electrons. The van der Waals surface area contributed by atoms with Gasteiger partial charge in [0.25, 0.3) is 5.91 Å². The molecular formula is C18H17ClN2O2. The summed E-state index contributed by atoms with van der Waals surface area (Å²) in [6, 6.07) is 14.5. The molecule has 0 unspecified atom stereocenters. The summed E-state index contributed by atoms with van der Waals surface area (Å²) >= 11 is 5.90. The number of rotatable bonds is 5. The molecule has 0 spiro atoms. The first-order valence-electron chi connectivity index (χ1n) is 7.19. The van der Waals surface area contributed by atoms with E-state index in [-0.39, 0.29) is 5.91 Å². The fourth-order valence-corrected chi connectivity index (χ4v) is 2.26. The van der Waals surface area contributed by atoms with Crippen LogP contribution in [-0.2, 0) is 11.2 Å². The van der Waals surface area contributed by atoms with Gasteiger partial charge in [-0.2, -0.15) is 5.26 Å². The van der Waals surface area contributed by atoms with Gasteiger partial charge < -0.3 is 10.1 Å². The number of carbonyl (C=O) groups is 1. The highest BCUT2D eigenvalue weighted by Crippen LogP contribution is 2.23. The molecule has 1 amide bonds. The van der Waals surface area contributed by atoms with Gasteiger partial charge in [0.15, 0.2) is 6.10 Å². The van der Waals surface area contributed by atoms with E-state index in [9.17, 15) is 4.79 Å². The van der Waals surface area contributed by atoms with Gasteiger partial charge in [-0.1, -0.05) is 23.7 Å². The molecular weight excluding hydrogens is 312 g/mol. The summed E-state index contributed by atoms with van der Waals surface area (Å²) in [6.07, 6.45) is -0.294. The van der Waals surface area contributed by atoms with Crippen molar-refractivity contribution in [2.75, 3.05) is 5.32 Å². The third-order valence-corrected chi connectivity index (χ3v) is 3.55. The fraction of sp³-hybridized carbons (Fsp3) is 0.222. The first-order valence-corrected chi connectivity index (χ1v) is 7.57. The molecule has 0 aromatic heterocycles. The molecule has 0 saturated heterocycles. The van der Waals surface area contributed by atoms with Crippen molar-refractivity contribution in [1.29, 1.82) is 5.26 Å². The Balaban J connectivity index is 1.98. The Hall–Kier alpha value is -2.51. The average Bonchev–Trinajstić information content (AvgIpc) is 2.52. The Kier molecular flexibility index (Phi) is 5.61. The van der Waals surface area contributed by atoms with E-state index < -0.39 is 6.10 Å². The van der Waals surface area contributed by atoms with E-state index in [0.717, 1.165) is 11.1 Å². The van der Waals surface area contributed by atoms with E-state index in [0.29, 0.717) is 22.9 Å². The highest BCUT2D eigenvalue weighted by molar-refractivity contribution is 6.30. The van der Waals surface area contributed by atoms with Crippen molar-refractivity contribution in [3.8, 4) is 11.8 Å². The minimum atomic E-state index is -0.645. The molecule has 23 heavy (non-hydrogen) atoms. The van der Waals surface area contributed by atoms with E-state index >= 15 is 0 Å². The Morgan fingerprint density at radius 3 is 2.61 bits per heavy atom. The van der Waals surface area contributed by atoms with Crippen molar-refractivity contribution in [3.63, 3.8) is 0 Å². The lowest BCUT2D eigenvalue weighted by Crippen LogP contribution is -2.30. The monoisotopic (exact) mass is 328 g/mol. The van der Waals surface area contributed by atoms with Crippen LogP contribution < -0.4 is 10.1 Å². The number of ether oxygens (including phenoxy) is 1. The number of benzene rings is 2. The number of hydrogen-bond acceptors (Lipinski definition) is 3. The molecule has 4 nitrogen and oxygen atoms in total. The van der Waals surface area contributed by atoms with E-state index in [1.54, 1.807) is 37.3 Å². The van der Waals surface area contributed by atoms with Crippen molar-refractivity contribution < 1.29 is 9.53 Å². The summed E-state index contributed by atoms with van der Waals surface area (Å²) in [7, 11) is 0. The van der Waals surface area contributed by atoms with E-state index in [2.05, 4.69) is 11.4 Å². The highest BCUT2D eigenvalue weighted by Gasteiger charge is 2.16. The van der Waals surface area contributed by atoms with Crippen molar-refractivity contribution in [2.45, 2.75) is 26.4 Å². The smallest absolute Gasteiger partial charge is 0.265 e. The molecule has 5 heteroatoms. The topological polar surface area (TPSA) is 62.1 Å². The quantitative estimate of drug-likeness (QED) is 0.898.